The van der Waals surface area contributed by atoms with Crippen LogP contribution in [0.5, 0.6) is 0 Å². The van der Waals surface area contributed by atoms with Crippen molar-refractivity contribution in [3.63, 3.8) is 0 Å². The number of likely N-dealkylation sites (N-methyl/N-ethyl adjacent to an activating group) is 1. The van der Waals surface area contributed by atoms with Gasteiger partial charge < -0.3 is 10.2 Å². The van der Waals surface area contributed by atoms with E-state index in [1.807, 2.05) is 35.0 Å². The number of amides is 1. The average molecular weight is 328 g/mol. The van der Waals surface area contributed by atoms with Crippen LogP contribution in [0.15, 0.2) is 47.8 Å². The molecule has 2 aromatic rings. The van der Waals surface area contributed by atoms with Gasteiger partial charge in [-0.2, -0.15) is 5.26 Å². The number of rotatable bonds is 6. The van der Waals surface area contributed by atoms with Crippen LogP contribution in [0, 0.1) is 11.3 Å². The standard InChI is InChI=1S/C18H21N3OS/c1-18(2,13-19)21(3)16(22)12-20-17(15-10-7-11-23-15)14-8-5-4-6-9-14/h4-11,17,20H,12H2,1-3H3/p+1/t17-/m1/s1. The normalized spacial score (nSPS) is 12.4. The predicted molar refractivity (Wildman–Crippen MR) is 91.9 cm³/mol. The molecule has 0 radical (unpaired) electrons. The Morgan fingerprint density at radius 1 is 1.30 bits per heavy atom. The van der Waals surface area contributed by atoms with Gasteiger partial charge in [0.25, 0.3) is 5.91 Å². The maximum Gasteiger partial charge on any atom is 0.278 e. The van der Waals surface area contributed by atoms with Crippen molar-refractivity contribution in [1.82, 2.24) is 4.90 Å². The summed E-state index contributed by atoms with van der Waals surface area (Å²) in [4.78, 5) is 15.1. The van der Waals surface area contributed by atoms with E-state index in [9.17, 15) is 4.79 Å². The summed E-state index contributed by atoms with van der Waals surface area (Å²) in [5.74, 6) is -0.0472. The van der Waals surface area contributed by atoms with Crippen LogP contribution in [-0.4, -0.2) is 29.9 Å². The Bertz CT molecular complexity index is 674. The molecule has 0 fully saturated rings. The highest BCUT2D eigenvalue weighted by Crippen LogP contribution is 2.22. The Labute approximate surface area is 141 Å². The van der Waals surface area contributed by atoms with E-state index < -0.39 is 5.54 Å². The van der Waals surface area contributed by atoms with E-state index in [0.717, 1.165) is 0 Å². The number of nitriles is 1. The molecule has 5 heteroatoms. The summed E-state index contributed by atoms with van der Waals surface area (Å²) in [6.45, 7) is 3.80. The van der Waals surface area contributed by atoms with Gasteiger partial charge in [-0.15, -0.1) is 11.3 Å². The second-order valence-electron chi connectivity index (χ2n) is 5.97. The third-order valence-corrected chi connectivity index (χ3v) is 4.98. The lowest BCUT2D eigenvalue weighted by Crippen LogP contribution is -2.88. The van der Waals surface area contributed by atoms with Crippen LogP contribution < -0.4 is 5.32 Å². The van der Waals surface area contributed by atoms with Crippen LogP contribution in [0.2, 0.25) is 0 Å². The highest BCUT2D eigenvalue weighted by atomic mass is 32.1. The van der Waals surface area contributed by atoms with Crippen LogP contribution in [0.3, 0.4) is 0 Å². The van der Waals surface area contributed by atoms with Gasteiger partial charge in [0.2, 0.25) is 0 Å². The number of carbonyl (C=O) groups is 1. The lowest BCUT2D eigenvalue weighted by molar-refractivity contribution is -0.676. The summed E-state index contributed by atoms with van der Waals surface area (Å²) in [5.41, 5.74) is 0.376. The zero-order valence-corrected chi connectivity index (χ0v) is 14.5. The van der Waals surface area contributed by atoms with Gasteiger partial charge in [0, 0.05) is 12.6 Å². The van der Waals surface area contributed by atoms with E-state index in [0.29, 0.717) is 6.54 Å². The van der Waals surface area contributed by atoms with Crippen molar-refractivity contribution >= 4 is 17.2 Å². The molecule has 0 saturated carbocycles. The number of nitrogens with zero attached hydrogens (tertiary/aromatic N) is 2. The molecule has 120 valence electrons. The second kappa shape index (κ2) is 7.40. The molecule has 0 aliphatic rings. The van der Waals surface area contributed by atoms with Crippen molar-refractivity contribution in [2.75, 3.05) is 13.6 Å². The molecule has 0 saturated heterocycles. The van der Waals surface area contributed by atoms with Crippen molar-refractivity contribution in [2.45, 2.75) is 25.4 Å². The van der Waals surface area contributed by atoms with Crippen LogP contribution in [-0.2, 0) is 4.79 Å². The van der Waals surface area contributed by atoms with E-state index in [1.165, 1.54) is 15.3 Å². The zero-order chi connectivity index (χ0) is 16.9. The van der Waals surface area contributed by atoms with Gasteiger partial charge in [-0.1, -0.05) is 36.4 Å². The van der Waals surface area contributed by atoms with Gasteiger partial charge in [0.15, 0.2) is 6.54 Å². The fourth-order valence-electron chi connectivity index (χ4n) is 2.29. The topological polar surface area (TPSA) is 60.7 Å². The van der Waals surface area contributed by atoms with Gasteiger partial charge in [-0.25, -0.2) is 0 Å². The summed E-state index contributed by atoms with van der Waals surface area (Å²) in [6, 6.07) is 16.5. The lowest BCUT2D eigenvalue weighted by Gasteiger charge is -2.29. The second-order valence-corrected chi connectivity index (χ2v) is 6.95. The smallest absolute Gasteiger partial charge is 0.278 e. The monoisotopic (exact) mass is 328 g/mol. The molecule has 2 rings (SSSR count). The molecular weight excluding hydrogens is 306 g/mol. The van der Waals surface area contributed by atoms with Gasteiger partial charge in [0.05, 0.1) is 10.9 Å². The van der Waals surface area contributed by atoms with Crippen LogP contribution in [0.1, 0.15) is 30.3 Å². The summed E-state index contributed by atoms with van der Waals surface area (Å²) in [5, 5.41) is 13.2. The molecule has 1 aromatic heterocycles. The molecule has 1 amide bonds. The van der Waals surface area contributed by atoms with Crippen LogP contribution >= 0.6 is 11.3 Å². The first-order valence-corrected chi connectivity index (χ1v) is 8.43. The van der Waals surface area contributed by atoms with Crippen molar-refractivity contribution in [1.29, 1.82) is 5.26 Å². The molecule has 2 N–H and O–H groups in total. The first-order valence-electron chi connectivity index (χ1n) is 7.55. The Morgan fingerprint density at radius 3 is 2.57 bits per heavy atom. The number of nitrogens with two attached hydrogens (primary N) is 1. The van der Waals surface area contributed by atoms with E-state index in [2.05, 4.69) is 24.3 Å². The largest absolute Gasteiger partial charge is 0.328 e. The molecule has 1 heterocycles. The molecule has 0 aliphatic heterocycles. The van der Waals surface area contributed by atoms with E-state index in [1.54, 1.807) is 32.2 Å². The maximum absolute atomic E-state index is 12.4. The lowest BCUT2D eigenvalue weighted by atomic mass is 10.0. The van der Waals surface area contributed by atoms with E-state index in [4.69, 9.17) is 5.26 Å². The SMILES string of the molecule is CN(C(=O)C[NH2+][C@H](c1ccccc1)c1cccs1)C(C)(C)C#N. The van der Waals surface area contributed by atoms with Gasteiger partial charge in [0.1, 0.15) is 11.6 Å². The molecule has 1 atom stereocenters. The summed E-state index contributed by atoms with van der Waals surface area (Å²) in [7, 11) is 1.68. The van der Waals surface area contributed by atoms with Crippen molar-refractivity contribution < 1.29 is 10.1 Å². The van der Waals surface area contributed by atoms with Crippen molar-refractivity contribution in [2.24, 2.45) is 0 Å². The summed E-state index contributed by atoms with van der Waals surface area (Å²) in [6.07, 6.45) is 0. The average Bonchev–Trinajstić information content (AvgIpc) is 3.09. The number of benzene rings is 1. The van der Waals surface area contributed by atoms with Crippen LogP contribution in [0.25, 0.3) is 0 Å². The van der Waals surface area contributed by atoms with Gasteiger partial charge >= 0.3 is 0 Å². The molecule has 0 unspecified atom stereocenters. The molecular formula is C18H22N3OS+. The van der Waals surface area contributed by atoms with Crippen LogP contribution in [0.4, 0.5) is 0 Å². The fraction of sp³-hybridized carbons (Fsp3) is 0.333. The minimum Gasteiger partial charge on any atom is -0.328 e. The summed E-state index contributed by atoms with van der Waals surface area (Å²) < 4.78 is 0. The van der Waals surface area contributed by atoms with E-state index in [-0.39, 0.29) is 11.9 Å². The Morgan fingerprint density at radius 2 is 2.00 bits per heavy atom. The number of hydrogen-bond acceptors (Lipinski definition) is 3. The number of quaternary nitrogens is 1. The minimum absolute atomic E-state index is 0.0472. The molecule has 23 heavy (non-hydrogen) atoms. The first kappa shape index (κ1) is 17.2. The first-order chi connectivity index (χ1) is 11.0. The third-order valence-electron chi connectivity index (χ3n) is 4.02. The number of carbonyl (C=O) groups excluding carboxylic acids is 1. The molecule has 0 spiro atoms. The Hall–Kier alpha value is -2.16. The van der Waals surface area contributed by atoms with Crippen molar-refractivity contribution in [3.05, 3.63) is 58.3 Å². The quantitative estimate of drug-likeness (QED) is 0.883. The molecule has 4 nitrogen and oxygen atoms in total. The minimum atomic E-state index is -0.796. The van der Waals surface area contributed by atoms with Gasteiger partial charge in [-0.3, -0.25) is 4.79 Å². The molecule has 1 aromatic carbocycles. The Balaban J connectivity index is 2.12. The van der Waals surface area contributed by atoms with Crippen molar-refractivity contribution in [3.8, 4) is 6.07 Å². The highest BCUT2D eigenvalue weighted by Gasteiger charge is 2.29. The Kier molecular flexibility index (Phi) is 5.54. The molecule has 0 bridgehead atoms. The highest BCUT2D eigenvalue weighted by molar-refractivity contribution is 7.10. The molecule has 0 aliphatic carbocycles. The van der Waals surface area contributed by atoms with E-state index >= 15 is 0 Å². The maximum atomic E-state index is 12.4. The fourth-order valence-corrected chi connectivity index (χ4v) is 3.14. The third kappa shape index (κ3) is 4.19. The zero-order valence-electron chi connectivity index (χ0n) is 13.7. The number of hydrogen-bond donors (Lipinski definition) is 1. The van der Waals surface area contributed by atoms with Gasteiger partial charge in [-0.05, 0) is 25.3 Å². The predicted octanol–water partition coefficient (Wildman–Crippen LogP) is 2.16. The summed E-state index contributed by atoms with van der Waals surface area (Å²) >= 11 is 1.69. The number of thiophene rings is 1.